The van der Waals surface area contributed by atoms with Crippen molar-refractivity contribution in [3.05, 3.63) is 88.9 Å². The van der Waals surface area contributed by atoms with Gasteiger partial charge in [0.25, 0.3) is 0 Å². The Kier molecular flexibility index (Phi) is 11.1. The van der Waals surface area contributed by atoms with Gasteiger partial charge in [0.05, 0.1) is 22.8 Å². The standard InChI is InChI=1S/C32H37F3N4O4S/c1-20-8-5-6-11-23(20)22-14-16-26-25(18-22)39-29(44-26)28(40)24(15-13-21-9-3-2-4-10-21)38-19-31(42,27(37)12-7-17-36)43-30(41)32(33,34)35/h2-6,8-11,14,16,18,24,27-28,38,40,42H,7,12-13,15,17,19,36-37H2,1H3/t24-,27-,28+,31+/m1/s1. The van der Waals surface area contributed by atoms with Crippen molar-refractivity contribution in [1.82, 2.24) is 10.3 Å². The van der Waals surface area contributed by atoms with Crippen LogP contribution in [-0.4, -0.2) is 58.3 Å². The number of halogens is 3. The molecule has 0 saturated heterocycles. The van der Waals surface area contributed by atoms with Crippen molar-refractivity contribution in [2.24, 2.45) is 11.5 Å². The monoisotopic (exact) mass is 630 g/mol. The van der Waals surface area contributed by atoms with E-state index in [2.05, 4.69) is 10.1 Å². The van der Waals surface area contributed by atoms with E-state index in [1.54, 1.807) is 0 Å². The summed E-state index contributed by atoms with van der Waals surface area (Å²) in [5.41, 5.74) is 16.3. The number of hydrogen-bond donors (Lipinski definition) is 5. The van der Waals surface area contributed by atoms with Crippen molar-refractivity contribution in [2.45, 2.75) is 62.8 Å². The molecule has 1 heterocycles. The van der Waals surface area contributed by atoms with E-state index < -0.39 is 42.7 Å². The number of aliphatic hydroxyl groups is 2. The number of aliphatic hydroxyl groups excluding tert-OH is 1. The molecule has 0 radical (unpaired) electrons. The molecule has 12 heteroatoms. The summed E-state index contributed by atoms with van der Waals surface area (Å²) in [5, 5.41) is 26.0. The Hall–Kier alpha value is -3.39. The number of fused-ring (bicyclic) bond motifs is 1. The minimum Gasteiger partial charge on any atom is -0.423 e. The maximum absolute atomic E-state index is 13.1. The second-order valence-electron chi connectivity index (χ2n) is 10.8. The van der Waals surface area contributed by atoms with Crippen LogP contribution in [0.1, 0.15) is 41.5 Å². The van der Waals surface area contributed by atoms with Gasteiger partial charge in [-0.3, -0.25) is 0 Å². The van der Waals surface area contributed by atoms with Crippen molar-refractivity contribution in [3.63, 3.8) is 0 Å². The third-order valence-electron chi connectivity index (χ3n) is 7.50. The molecule has 44 heavy (non-hydrogen) atoms. The molecule has 4 rings (SSSR count). The zero-order chi connectivity index (χ0) is 31.9. The van der Waals surface area contributed by atoms with Crippen LogP contribution in [0, 0.1) is 6.92 Å². The van der Waals surface area contributed by atoms with Gasteiger partial charge in [-0.05, 0) is 73.5 Å². The quantitative estimate of drug-likeness (QED) is 0.0992. The van der Waals surface area contributed by atoms with Crippen molar-refractivity contribution >= 4 is 27.5 Å². The highest BCUT2D eigenvalue weighted by molar-refractivity contribution is 7.18. The number of nitrogens with two attached hydrogens (primary N) is 2. The fourth-order valence-electron chi connectivity index (χ4n) is 4.95. The number of thiazole rings is 1. The van der Waals surface area contributed by atoms with Gasteiger partial charge in [-0.2, -0.15) is 13.2 Å². The smallest absolute Gasteiger partial charge is 0.423 e. The molecular weight excluding hydrogens is 593 g/mol. The van der Waals surface area contributed by atoms with Gasteiger partial charge >= 0.3 is 12.1 Å². The van der Waals surface area contributed by atoms with Gasteiger partial charge in [0.15, 0.2) is 0 Å². The minimum absolute atomic E-state index is 0.00184. The summed E-state index contributed by atoms with van der Waals surface area (Å²) in [5.74, 6) is -5.29. The Labute approximate surface area is 257 Å². The summed E-state index contributed by atoms with van der Waals surface area (Å²) in [4.78, 5) is 16.4. The first-order valence-electron chi connectivity index (χ1n) is 14.3. The lowest BCUT2D eigenvalue weighted by Gasteiger charge is -2.35. The third kappa shape index (κ3) is 8.40. The summed E-state index contributed by atoms with van der Waals surface area (Å²) in [7, 11) is 0. The van der Waals surface area contributed by atoms with Crippen molar-refractivity contribution < 1.29 is 32.9 Å². The van der Waals surface area contributed by atoms with E-state index in [1.807, 2.05) is 79.7 Å². The second kappa shape index (κ2) is 14.6. The molecule has 0 amide bonds. The number of rotatable bonds is 14. The summed E-state index contributed by atoms with van der Waals surface area (Å²) in [6.45, 7) is 1.53. The molecule has 0 fully saturated rings. The zero-order valence-electron chi connectivity index (χ0n) is 24.3. The highest BCUT2D eigenvalue weighted by atomic mass is 32.1. The normalized spacial score (nSPS) is 15.5. The van der Waals surface area contributed by atoms with E-state index >= 15 is 0 Å². The molecule has 4 atom stereocenters. The van der Waals surface area contributed by atoms with Crippen LogP contribution in [0.2, 0.25) is 0 Å². The van der Waals surface area contributed by atoms with Crippen LogP contribution in [0.3, 0.4) is 0 Å². The first-order chi connectivity index (χ1) is 20.9. The Morgan fingerprint density at radius 1 is 1.07 bits per heavy atom. The maximum atomic E-state index is 13.1. The number of aromatic nitrogens is 1. The van der Waals surface area contributed by atoms with Gasteiger partial charge in [-0.25, -0.2) is 9.78 Å². The van der Waals surface area contributed by atoms with Gasteiger partial charge < -0.3 is 31.7 Å². The fourth-order valence-corrected chi connectivity index (χ4v) is 5.95. The van der Waals surface area contributed by atoms with Gasteiger partial charge in [0.2, 0.25) is 5.79 Å². The second-order valence-corrected chi connectivity index (χ2v) is 11.8. The van der Waals surface area contributed by atoms with E-state index in [1.165, 1.54) is 11.3 Å². The fraction of sp³-hybridized carbons (Fsp3) is 0.375. The SMILES string of the molecule is Cc1ccccc1-c1ccc2sc([C@@H](O)[C@@H](CCc3ccccc3)NC[C@](O)(OC(=O)C(F)(F)F)[C@H](N)CCCN)nc2c1. The van der Waals surface area contributed by atoms with Crippen LogP contribution >= 0.6 is 11.3 Å². The molecule has 8 nitrogen and oxygen atoms in total. The number of carbonyl (C=O) groups is 1. The average Bonchev–Trinajstić information content (AvgIpc) is 3.43. The molecular formula is C32H37F3N4O4S. The Balaban J connectivity index is 1.61. The first kappa shape index (κ1) is 33.5. The Morgan fingerprint density at radius 2 is 1.77 bits per heavy atom. The number of hydrogen-bond acceptors (Lipinski definition) is 9. The van der Waals surface area contributed by atoms with Crippen LogP contribution < -0.4 is 16.8 Å². The van der Waals surface area contributed by atoms with Crippen molar-refractivity contribution in [2.75, 3.05) is 13.1 Å². The Morgan fingerprint density at radius 3 is 2.45 bits per heavy atom. The number of nitrogens with zero attached hydrogens (tertiary/aromatic N) is 1. The lowest BCUT2D eigenvalue weighted by molar-refractivity contribution is -0.253. The van der Waals surface area contributed by atoms with Crippen LogP contribution in [0.25, 0.3) is 21.3 Å². The number of alkyl halides is 3. The maximum Gasteiger partial charge on any atom is 0.491 e. The van der Waals surface area contributed by atoms with Gasteiger partial charge in [-0.1, -0.05) is 60.7 Å². The first-order valence-corrected chi connectivity index (χ1v) is 15.1. The third-order valence-corrected chi connectivity index (χ3v) is 8.61. The topological polar surface area (TPSA) is 144 Å². The molecule has 0 aliphatic rings. The average molecular weight is 631 g/mol. The molecule has 0 aliphatic carbocycles. The largest absolute Gasteiger partial charge is 0.491 e. The van der Waals surface area contributed by atoms with Crippen LogP contribution in [-0.2, 0) is 16.0 Å². The lowest BCUT2D eigenvalue weighted by atomic mass is 9.98. The van der Waals surface area contributed by atoms with E-state index in [0.717, 1.165) is 27.0 Å². The number of carbonyl (C=O) groups excluding carboxylic acids is 1. The van der Waals surface area contributed by atoms with E-state index in [0.29, 0.717) is 23.4 Å². The molecule has 236 valence electrons. The summed E-state index contributed by atoms with van der Waals surface area (Å²) >= 11 is 1.29. The molecule has 0 unspecified atom stereocenters. The highest BCUT2D eigenvalue weighted by Crippen LogP contribution is 2.33. The zero-order valence-corrected chi connectivity index (χ0v) is 25.1. The van der Waals surface area contributed by atoms with E-state index in [4.69, 9.17) is 16.5 Å². The van der Waals surface area contributed by atoms with E-state index in [9.17, 15) is 28.2 Å². The number of aryl methyl sites for hydroxylation is 2. The summed E-state index contributed by atoms with van der Waals surface area (Å²) in [6, 6.07) is 21.1. The minimum atomic E-state index is -5.34. The number of ether oxygens (including phenoxy) is 1. The van der Waals surface area contributed by atoms with Crippen LogP contribution in [0.4, 0.5) is 13.2 Å². The molecule has 7 N–H and O–H groups in total. The molecule has 4 aromatic rings. The number of nitrogens with one attached hydrogen (secondary N) is 1. The van der Waals surface area contributed by atoms with Crippen LogP contribution in [0.5, 0.6) is 0 Å². The molecule has 1 aromatic heterocycles. The lowest BCUT2D eigenvalue weighted by Crippen LogP contribution is -2.60. The molecule has 0 aliphatic heterocycles. The summed E-state index contributed by atoms with van der Waals surface area (Å²) < 4.78 is 44.7. The van der Waals surface area contributed by atoms with Gasteiger partial charge in [0.1, 0.15) is 11.1 Å². The molecule has 0 saturated carbocycles. The van der Waals surface area contributed by atoms with E-state index in [-0.39, 0.29) is 19.4 Å². The highest BCUT2D eigenvalue weighted by Gasteiger charge is 2.48. The number of esters is 1. The molecule has 0 spiro atoms. The van der Waals surface area contributed by atoms with Gasteiger partial charge in [0, 0.05) is 6.04 Å². The Bertz CT molecular complexity index is 1530. The predicted octanol–water partition coefficient (Wildman–Crippen LogP) is 4.76. The molecule has 3 aromatic carbocycles. The van der Waals surface area contributed by atoms with Gasteiger partial charge in [-0.15, -0.1) is 11.3 Å². The molecule has 0 bridgehead atoms. The number of benzene rings is 3. The van der Waals surface area contributed by atoms with Crippen molar-refractivity contribution in [1.29, 1.82) is 0 Å². The summed E-state index contributed by atoms with van der Waals surface area (Å²) in [6.07, 6.45) is -5.46. The predicted molar refractivity (Wildman–Crippen MR) is 165 cm³/mol. The van der Waals surface area contributed by atoms with Crippen LogP contribution in [0.15, 0.2) is 72.8 Å². The van der Waals surface area contributed by atoms with Crippen molar-refractivity contribution in [3.8, 4) is 11.1 Å².